The summed E-state index contributed by atoms with van der Waals surface area (Å²) in [6.07, 6.45) is 0. The van der Waals surface area contributed by atoms with Gasteiger partial charge in [-0.05, 0) is 18.6 Å². The van der Waals surface area contributed by atoms with Crippen molar-refractivity contribution < 1.29 is 24.3 Å². The van der Waals surface area contributed by atoms with Gasteiger partial charge in [0.25, 0.3) is 0 Å². The number of ether oxygens (including phenoxy) is 1. The van der Waals surface area contributed by atoms with Gasteiger partial charge in [-0.2, -0.15) is 0 Å². The number of carbonyl (C=O) groups is 1. The van der Waals surface area contributed by atoms with Gasteiger partial charge in [-0.15, -0.1) is 0 Å². The SMILES string of the molecule is COc1c(O)cc(C)c(-c2cc(C(=O)O)no2)c1Cl. The highest BCUT2D eigenvalue weighted by atomic mass is 35.5. The number of rotatable bonds is 3. The molecule has 1 heterocycles. The van der Waals surface area contributed by atoms with E-state index in [1.165, 1.54) is 19.2 Å². The molecule has 2 N–H and O–H groups in total. The average molecular weight is 284 g/mol. The molecule has 19 heavy (non-hydrogen) atoms. The molecule has 0 amide bonds. The lowest BCUT2D eigenvalue weighted by molar-refractivity contribution is 0.0686. The van der Waals surface area contributed by atoms with E-state index in [0.717, 1.165) is 0 Å². The van der Waals surface area contributed by atoms with Crippen LogP contribution in [0.15, 0.2) is 16.7 Å². The summed E-state index contributed by atoms with van der Waals surface area (Å²) in [5.41, 5.74) is 0.810. The van der Waals surface area contributed by atoms with Crippen molar-refractivity contribution in [3.05, 3.63) is 28.4 Å². The lowest BCUT2D eigenvalue weighted by Gasteiger charge is -2.11. The zero-order valence-electron chi connectivity index (χ0n) is 10.1. The van der Waals surface area contributed by atoms with Crippen LogP contribution in [-0.2, 0) is 0 Å². The zero-order valence-corrected chi connectivity index (χ0v) is 10.9. The van der Waals surface area contributed by atoms with Crippen molar-refractivity contribution in [2.45, 2.75) is 6.92 Å². The van der Waals surface area contributed by atoms with Crippen LogP contribution < -0.4 is 4.74 Å². The van der Waals surface area contributed by atoms with Gasteiger partial charge in [0.1, 0.15) is 0 Å². The van der Waals surface area contributed by atoms with Gasteiger partial charge < -0.3 is 19.5 Å². The largest absolute Gasteiger partial charge is 0.504 e. The highest BCUT2D eigenvalue weighted by molar-refractivity contribution is 6.35. The topological polar surface area (TPSA) is 92.8 Å². The molecule has 0 radical (unpaired) electrons. The van der Waals surface area contributed by atoms with Gasteiger partial charge in [0.15, 0.2) is 23.0 Å². The summed E-state index contributed by atoms with van der Waals surface area (Å²) in [7, 11) is 1.36. The number of nitrogens with zero attached hydrogens (tertiary/aromatic N) is 1. The minimum absolute atomic E-state index is 0.0931. The Morgan fingerprint density at radius 1 is 1.47 bits per heavy atom. The maximum Gasteiger partial charge on any atom is 0.358 e. The Bertz CT molecular complexity index is 650. The van der Waals surface area contributed by atoms with Gasteiger partial charge >= 0.3 is 5.97 Å². The molecule has 100 valence electrons. The minimum atomic E-state index is -1.20. The molecule has 0 aliphatic heterocycles. The monoisotopic (exact) mass is 283 g/mol. The summed E-state index contributed by atoms with van der Waals surface area (Å²) in [4.78, 5) is 10.8. The second kappa shape index (κ2) is 4.81. The molecule has 0 saturated carbocycles. The summed E-state index contributed by atoms with van der Waals surface area (Å²) in [6, 6.07) is 2.70. The van der Waals surface area contributed by atoms with E-state index in [1.807, 2.05) is 0 Å². The number of halogens is 1. The highest BCUT2D eigenvalue weighted by Gasteiger charge is 2.21. The molecule has 7 heteroatoms. The summed E-state index contributed by atoms with van der Waals surface area (Å²) in [6.45, 7) is 1.70. The number of phenols is 1. The first-order valence-corrected chi connectivity index (χ1v) is 5.60. The van der Waals surface area contributed by atoms with Crippen molar-refractivity contribution in [2.75, 3.05) is 7.11 Å². The van der Waals surface area contributed by atoms with E-state index in [2.05, 4.69) is 5.16 Å². The van der Waals surface area contributed by atoms with Crippen LogP contribution in [0, 0.1) is 6.92 Å². The van der Waals surface area contributed by atoms with Gasteiger partial charge in [-0.25, -0.2) is 4.79 Å². The predicted molar refractivity (Wildman–Crippen MR) is 66.9 cm³/mol. The van der Waals surface area contributed by atoms with Crippen molar-refractivity contribution in [3.8, 4) is 22.8 Å². The first-order valence-electron chi connectivity index (χ1n) is 5.22. The molecule has 1 aromatic carbocycles. The zero-order chi connectivity index (χ0) is 14.2. The molecule has 2 rings (SSSR count). The number of hydrogen-bond donors (Lipinski definition) is 2. The molecular weight excluding hydrogens is 274 g/mol. The van der Waals surface area contributed by atoms with Crippen LogP contribution in [0.3, 0.4) is 0 Å². The molecule has 0 aliphatic rings. The Morgan fingerprint density at radius 2 is 2.16 bits per heavy atom. The predicted octanol–water partition coefficient (Wildman–Crippen LogP) is 2.72. The van der Waals surface area contributed by atoms with Crippen LogP contribution in [0.4, 0.5) is 0 Å². The third-order valence-corrected chi connectivity index (χ3v) is 2.94. The normalized spacial score (nSPS) is 10.5. The summed E-state index contributed by atoms with van der Waals surface area (Å²) in [5, 5.41) is 22.0. The van der Waals surface area contributed by atoms with Gasteiger partial charge in [0.05, 0.1) is 12.1 Å². The first kappa shape index (κ1) is 13.2. The van der Waals surface area contributed by atoms with Crippen LogP contribution in [-0.4, -0.2) is 28.4 Å². The molecule has 0 spiro atoms. The Kier molecular flexibility index (Phi) is 3.35. The van der Waals surface area contributed by atoms with Crippen molar-refractivity contribution in [1.82, 2.24) is 5.16 Å². The van der Waals surface area contributed by atoms with Crippen molar-refractivity contribution in [1.29, 1.82) is 0 Å². The number of phenolic OH excluding ortho intramolecular Hbond substituents is 1. The standard InChI is InChI=1S/C12H10ClNO5/c1-5-3-7(15)11(18-2)10(13)9(5)8-4-6(12(16)17)14-19-8/h3-4,15H,1-2H3,(H,16,17). The number of benzene rings is 1. The third-order valence-electron chi connectivity index (χ3n) is 2.58. The second-order valence-corrected chi connectivity index (χ2v) is 4.19. The fourth-order valence-corrected chi connectivity index (χ4v) is 2.15. The van der Waals surface area contributed by atoms with E-state index in [-0.39, 0.29) is 28.0 Å². The van der Waals surface area contributed by atoms with E-state index in [1.54, 1.807) is 6.92 Å². The van der Waals surface area contributed by atoms with Crippen LogP contribution in [0.1, 0.15) is 16.1 Å². The quantitative estimate of drug-likeness (QED) is 0.899. The third kappa shape index (κ3) is 2.22. The lowest BCUT2D eigenvalue weighted by Crippen LogP contribution is -1.94. The fourth-order valence-electron chi connectivity index (χ4n) is 1.73. The average Bonchev–Trinajstić information content (AvgIpc) is 2.78. The lowest BCUT2D eigenvalue weighted by atomic mass is 10.0. The van der Waals surface area contributed by atoms with E-state index >= 15 is 0 Å². The van der Waals surface area contributed by atoms with Gasteiger partial charge in [-0.1, -0.05) is 16.8 Å². The molecule has 0 unspecified atom stereocenters. The molecule has 0 bridgehead atoms. The van der Waals surface area contributed by atoms with Gasteiger partial charge in [-0.3, -0.25) is 0 Å². The number of aromatic carboxylic acids is 1. The molecule has 6 nitrogen and oxygen atoms in total. The summed E-state index contributed by atoms with van der Waals surface area (Å²) < 4.78 is 9.95. The fraction of sp³-hybridized carbons (Fsp3) is 0.167. The smallest absolute Gasteiger partial charge is 0.358 e. The molecule has 0 atom stereocenters. The maximum absolute atomic E-state index is 10.8. The Hall–Kier alpha value is -2.21. The van der Waals surface area contributed by atoms with E-state index in [4.69, 9.17) is 26.0 Å². The van der Waals surface area contributed by atoms with Crippen molar-refractivity contribution in [3.63, 3.8) is 0 Å². The molecule has 1 aromatic heterocycles. The van der Waals surface area contributed by atoms with Crippen molar-refractivity contribution in [2.24, 2.45) is 0 Å². The Morgan fingerprint density at radius 3 is 2.68 bits per heavy atom. The Balaban J connectivity index is 2.64. The second-order valence-electron chi connectivity index (χ2n) is 3.82. The number of carboxylic acids is 1. The number of carboxylic acid groups (broad SMARTS) is 1. The Labute approximate surface area is 113 Å². The van der Waals surface area contributed by atoms with Gasteiger partial charge in [0, 0.05) is 11.6 Å². The number of methoxy groups -OCH3 is 1. The number of hydrogen-bond acceptors (Lipinski definition) is 5. The van der Waals surface area contributed by atoms with Crippen LogP contribution in [0.2, 0.25) is 5.02 Å². The van der Waals surface area contributed by atoms with Crippen LogP contribution >= 0.6 is 11.6 Å². The van der Waals surface area contributed by atoms with E-state index in [0.29, 0.717) is 11.1 Å². The van der Waals surface area contributed by atoms with Crippen molar-refractivity contribution >= 4 is 17.6 Å². The number of aromatic hydroxyl groups is 1. The minimum Gasteiger partial charge on any atom is -0.504 e. The van der Waals surface area contributed by atoms with E-state index in [9.17, 15) is 9.90 Å². The summed E-state index contributed by atoms with van der Waals surface area (Å²) in [5.74, 6) is -1.02. The van der Waals surface area contributed by atoms with Crippen LogP contribution in [0.5, 0.6) is 11.5 Å². The number of aromatic nitrogens is 1. The summed E-state index contributed by atoms with van der Waals surface area (Å²) >= 11 is 6.12. The highest BCUT2D eigenvalue weighted by Crippen LogP contribution is 2.43. The van der Waals surface area contributed by atoms with Gasteiger partial charge in [0.2, 0.25) is 0 Å². The first-order chi connectivity index (χ1) is 8.95. The maximum atomic E-state index is 10.8. The van der Waals surface area contributed by atoms with Crippen LogP contribution in [0.25, 0.3) is 11.3 Å². The molecule has 0 saturated heterocycles. The van der Waals surface area contributed by atoms with E-state index < -0.39 is 5.97 Å². The number of aryl methyl sites for hydroxylation is 1. The molecular formula is C12H10ClNO5. The molecule has 0 fully saturated rings. The molecule has 0 aliphatic carbocycles. The molecule has 2 aromatic rings.